The molecule has 174 valence electrons. The van der Waals surface area contributed by atoms with Crippen LogP contribution >= 0.6 is 0 Å². The van der Waals surface area contributed by atoms with Gasteiger partial charge in [-0.05, 0) is 12.1 Å². The third kappa shape index (κ3) is 6.06. The smallest absolute Gasteiger partial charge is 0.347 e. The van der Waals surface area contributed by atoms with Crippen LogP contribution in [-0.2, 0) is 22.3 Å². The molecule has 1 aliphatic heterocycles. The van der Waals surface area contributed by atoms with Crippen molar-refractivity contribution in [2.24, 2.45) is 5.41 Å². The predicted molar refractivity (Wildman–Crippen MR) is 109 cm³/mol. The highest BCUT2D eigenvalue weighted by molar-refractivity contribution is 5.87. The Morgan fingerprint density at radius 1 is 1.12 bits per heavy atom. The zero-order valence-corrected chi connectivity index (χ0v) is 18.2. The van der Waals surface area contributed by atoms with Gasteiger partial charge in [-0.25, -0.2) is 0 Å². The number of hydrogen-bond donors (Lipinski definition) is 1. The molecule has 8 nitrogen and oxygen atoms in total. The number of benzene rings is 1. The first-order valence-corrected chi connectivity index (χ1v) is 10.2. The Balaban J connectivity index is 1.51. The quantitative estimate of drug-likeness (QED) is 0.748. The summed E-state index contributed by atoms with van der Waals surface area (Å²) in [4.78, 5) is 32.1. The van der Waals surface area contributed by atoms with E-state index in [1.165, 1.54) is 12.1 Å². The first-order valence-electron chi connectivity index (χ1n) is 10.2. The van der Waals surface area contributed by atoms with Gasteiger partial charge >= 0.3 is 6.18 Å². The molecule has 0 aliphatic carbocycles. The Kier molecular flexibility index (Phi) is 6.87. The van der Waals surface area contributed by atoms with Crippen molar-refractivity contribution in [3.8, 4) is 11.4 Å². The van der Waals surface area contributed by atoms with E-state index in [1.807, 2.05) is 4.90 Å². The van der Waals surface area contributed by atoms with Crippen LogP contribution in [0, 0.1) is 5.41 Å². The topological polar surface area (TPSA) is 91.6 Å². The van der Waals surface area contributed by atoms with E-state index < -0.39 is 17.2 Å². The Morgan fingerprint density at radius 2 is 1.81 bits per heavy atom. The van der Waals surface area contributed by atoms with Crippen LogP contribution in [0.4, 0.5) is 13.2 Å². The van der Waals surface area contributed by atoms with Crippen molar-refractivity contribution >= 4 is 11.8 Å². The summed E-state index contributed by atoms with van der Waals surface area (Å²) >= 11 is 0. The van der Waals surface area contributed by atoms with Gasteiger partial charge in [-0.15, -0.1) is 0 Å². The molecule has 11 heteroatoms. The van der Waals surface area contributed by atoms with E-state index in [0.717, 1.165) is 12.1 Å². The van der Waals surface area contributed by atoms with Gasteiger partial charge in [0.25, 0.3) is 0 Å². The average molecular weight is 453 g/mol. The maximum absolute atomic E-state index is 12.9. The molecular weight excluding hydrogens is 427 g/mol. The number of aromatic nitrogens is 2. The first-order chi connectivity index (χ1) is 14.9. The summed E-state index contributed by atoms with van der Waals surface area (Å²) in [6, 6.07) is 4.76. The molecule has 32 heavy (non-hydrogen) atoms. The summed E-state index contributed by atoms with van der Waals surface area (Å²) in [5.41, 5.74) is -1.11. The number of rotatable bonds is 5. The third-order valence-electron chi connectivity index (χ3n) is 5.08. The number of nitrogens with one attached hydrogen (secondary N) is 1. The molecule has 0 unspecified atom stereocenters. The number of halogens is 3. The Hall–Kier alpha value is -2.95. The summed E-state index contributed by atoms with van der Waals surface area (Å²) in [6.45, 7) is 7.73. The van der Waals surface area contributed by atoms with E-state index in [2.05, 4.69) is 15.5 Å². The van der Waals surface area contributed by atoms with Gasteiger partial charge in [0.05, 0.1) is 18.7 Å². The summed E-state index contributed by atoms with van der Waals surface area (Å²) in [5.74, 6) is 0.0495. The molecule has 0 bridgehead atoms. The second kappa shape index (κ2) is 9.27. The highest BCUT2D eigenvalue weighted by atomic mass is 19.4. The Labute approximate surface area is 183 Å². The molecule has 1 aromatic heterocycles. The van der Waals surface area contributed by atoms with E-state index in [9.17, 15) is 22.8 Å². The minimum Gasteiger partial charge on any atom is -0.347 e. The Bertz CT molecular complexity index is 960. The lowest BCUT2D eigenvalue weighted by Crippen LogP contribution is -2.51. The monoisotopic (exact) mass is 453 g/mol. The summed E-state index contributed by atoms with van der Waals surface area (Å²) < 4.78 is 43.9. The first kappa shape index (κ1) is 23.7. The van der Waals surface area contributed by atoms with E-state index in [1.54, 1.807) is 25.7 Å². The lowest BCUT2D eigenvalue weighted by molar-refractivity contribution is -0.137. The van der Waals surface area contributed by atoms with Crippen LogP contribution in [0.25, 0.3) is 11.4 Å². The number of nitrogens with zero attached hydrogens (tertiary/aromatic N) is 4. The molecule has 2 aromatic rings. The van der Waals surface area contributed by atoms with Crippen molar-refractivity contribution < 1.29 is 27.3 Å². The van der Waals surface area contributed by atoms with Crippen molar-refractivity contribution in [1.82, 2.24) is 25.3 Å². The van der Waals surface area contributed by atoms with E-state index >= 15 is 0 Å². The fourth-order valence-corrected chi connectivity index (χ4v) is 3.15. The van der Waals surface area contributed by atoms with Gasteiger partial charge in [-0.3, -0.25) is 14.5 Å². The zero-order chi connectivity index (χ0) is 23.5. The van der Waals surface area contributed by atoms with E-state index in [4.69, 9.17) is 4.52 Å². The van der Waals surface area contributed by atoms with Crippen LogP contribution < -0.4 is 5.32 Å². The lowest BCUT2D eigenvalue weighted by atomic mass is 9.96. The molecule has 3 rings (SSSR count). The molecule has 2 amide bonds. The molecule has 0 spiro atoms. The van der Waals surface area contributed by atoms with Gasteiger partial charge in [-0.2, -0.15) is 18.2 Å². The second-order valence-corrected chi connectivity index (χ2v) is 8.68. The molecule has 1 aliphatic rings. The Morgan fingerprint density at radius 3 is 2.44 bits per heavy atom. The fourth-order valence-electron chi connectivity index (χ4n) is 3.15. The largest absolute Gasteiger partial charge is 0.416 e. The van der Waals surface area contributed by atoms with Crippen molar-refractivity contribution in [2.45, 2.75) is 33.5 Å². The molecule has 0 atom stereocenters. The average Bonchev–Trinajstić information content (AvgIpc) is 3.19. The lowest BCUT2D eigenvalue weighted by Gasteiger charge is -2.34. The highest BCUT2D eigenvalue weighted by Crippen LogP contribution is 2.31. The number of carbonyl (C=O) groups is 2. The summed E-state index contributed by atoms with van der Waals surface area (Å²) in [6.07, 6.45) is -4.45. The van der Waals surface area contributed by atoms with Crippen LogP contribution in [0.5, 0.6) is 0 Å². The van der Waals surface area contributed by atoms with Gasteiger partial charge in [-0.1, -0.05) is 38.1 Å². The minimum absolute atomic E-state index is 0.0416. The van der Waals surface area contributed by atoms with Crippen molar-refractivity contribution in [2.75, 3.05) is 32.7 Å². The summed E-state index contributed by atoms with van der Waals surface area (Å²) in [7, 11) is 0. The van der Waals surface area contributed by atoms with Crippen molar-refractivity contribution in [3.63, 3.8) is 0 Å². The van der Waals surface area contributed by atoms with Crippen LogP contribution in [-0.4, -0.2) is 64.5 Å². The van der Waals surface area contributed by atoms with Gasteiger partial charge in [0.1, 0.15) is 0 Å². The van der Waals surface area contributed by atoms with Crippen LogP contribution in [0.2, 0.25) is 0 Å². The standard InChI is InChI=1S/C21H26F3N5O3/c1-20(2,3)19(31)25-12-17(30)29-9-7-28(8-10-29)13-16-26-18(27-32-16)14-5-4-6-15(11-14)21(22,23)24/h4-6,11H,7-10,12-13H2,1-3H3,(H,25,31). The van der Waals surface area contributed by atoms with Crippen LogP contribution in [0.15, 0.2) is 28.8 Å². The number of alkyl halides is 3. The minimum atomic E-state index is -4.45. The van der Waals surface area contributed by atoms with E-state index in [0.29, 0.717) is 32.7 Å². The predicted octanol–water partition coefficient (Wildman–Crippen LogP) is 2.56. The van der Waals surface area contributed by atoms with Crippen LogP contribution in [0.1, 0.15) is 32.2 Å². The normalized spacial score (nSPS) is 15.6. The third-order valence-corrected chi connectivity index (χ3v) is 5.08. The van der Waals surface area contributed by atoms with E-state index in [-0.39, 0.29) is 35.6 Å². The number of amides is 2. The number of piperazine rings is 1. The van der Waals surface area contributed by atoms with Gasteiger partial charge in [0, 0.05) is 37.2 Å². The maximum Gasteiger partial charge on any atom is 0.416 e. The molecule has 1 saturated heterocycles. The summed E-state index contributed by atoms with van der Waals surface area (Å²) in [5, 5.41) is 6.45. The molecule has 1 aromatic carbocycles. The molecule has 1 N–H and O–H groups in total. The number of carbonyl (C=O) groups excluding carboxylic acids is 2. The SMILES string of the molecule is CC(C)(C)C(=O)NCC(=O)N1CCN(Cc2nc(-c3cccc(C(F)(F)F)c3)no2)CC1. The van der Waals surface area contributed by atoms with Gasteiger partial charge < -0.3 is 14.7 Å². The molecule has 0 radical (unpaired) electrons. The van der Waals surface area contributed by atoms with Gasteiger partial charge in [0.2, 0.25) is 23.5 Å². The second-order valence-electron chi connectivity index (χ2n) is 8.68. The molecule has 0 saturated carbocycles. The zero-order valence-electron chi connectivity index (χ0n) is 18.2. The van der Waals surface area contributed by atoms with Gasteiger partial charge in [0.15, 0.2) is 0 Å². The fraction of sp³-hybridized carbons (Fsp3) is 0.524. The van der Waals surface area contributed by atoms with Crippen LogP contribution in [0.3, 0.4) is 0 Å². The van der Waals surface area contributed by atoms with Crippen molar-refractivity contribution in [1.29, 1.82) is 0 Å². The van der Waals surface area contributed by atoms with Crippen molar-refractivity contribution in [3.05, 3.63) is 35.7 Å². The molecule has 1 fully saturated rings. The molecule has 2 heterocycles. The number of hydrogen-bond acceptors (Lipinski definition) is 6. The molecular formula is C21H26F3N5O3. The maximum atomic E-state index is 12.9. The highest BCUT2D eigenvalue weighted by Gasteiger charge is 2.31.